The number of nitriles is 1. The topological polar surface area (TPSA) is 56.1 Å². The van der Waals surface area contributed by atoms with Gasteiger partial charge in [0.15, 0.2) is 5.41 Å². The summed E-state index contributed by atoms with van der Waals surface area (Å²) in [6.45, 7) is 1.36. The molecule has 0 aromatic rings. The lowest BCUT2D eigenvalue weighted by atomic mass is 9.84. The number of carbonyl (C=O) groups is 1. The van der Waals surface area contributed by atoms with Crippen molar-refractivity contribution in [3.63, 3.8) is 0 Å². The number of alkyl halides is 3. The highest BCUT2D eigenvalue weighted by Gasteiger charge is 2.62. The van der Waals surface area contributed by atoms with Gasteiger partial charge in [-0.05, 0) is 19.9 Å². The van der Waals surface area contributed by atoms with Gasteiger partial charge in [-0.15, -0.1) is 0 Å². The molecule has 0 bridgehead atoms. The molecule has 7 heteroatoms. The molecule has 2 unspecified atom stereocenters. The van der Waals surface area contributed by atoms with E-state index >= 15 is 0 Å². The maximum absolute atomic E-state index is 13.1. The van der Waals surface area contributed by atoms with E-state index in [1.54, 1.807) is 6.92 Å². The Balaban J connectivity index is 2.89. The molecule has 0 spiro atoms. The summed E-state index contributed by atoms with van der Waals surface area (Å²) in [6, 6.07) is 1.90. The van der Waals surface area contributed by atoms with E-state index in [1.165, 1.54) is 7.05 Å². The molecule has 1 amide bonds. The Morgan fingerprint density at radius 3 is 2.61 bits per heavy atom. The predicted octanol–water partition coefficient (Wildman–Crippen LogP) is 1.15. The van der Waals surface area contributed by atoms with Gasteiger partial charge in [-0.3, -0.25) is 4.79 Å². The Morgan fingerprint density at radius 1 is 1.61 bits per heavy atom. The second-order valence-electron chi connectivity index (χ2n) is 4.72. The number of hydrogen-bond donors (Lipinski definition) is 1. The van der Waals surface area contributed by atoms with E-state index in [4.69, 9.17) is 5.26 Å². The van der Waals surface area contributed by atoms with Crippen LogP contribution in [0.4, 0.5) is 13.2 Å². The molecule has 2 atom stereocenters. The van der Waals surface area contributed by atoms with Gasteiger partial charge in [0.1, 0.15) is 0 Å². The van der Waals surface area contributed by atoms with Gasteiger partial charge in [-0.1, -0.05) is 0 Å². The summed E-state index contributed by atoms with van der Waals surface area (Å²) in [5, 5.41) is 11.2. The normalized spacial score (nSPS) is 25.6. The first kappa shape index (κ1) is 14.8. The second kappa shape index (κ2) is 5.14. The molecule has 0 saturated carbocycles. The van der Waals surface area contributed by atoms with E-state index in [1.807, 2.05) is 6.07 Å². The van der Waals surface area contributed by atoms with E-state index < -0.39 is 23.4 Å². The highest BCUT2D eigenvalue weighted by Crippen LogP contribution is 2.44. The first-order chi connectivity index (χ1) is 8.24. The number of nitrogens with one attached hydrogen (secondary N) is 1. The third-order valence-electron chi connectivity index (χ3n) is 3.22. The summed E-state index contributed by atoms with van der Waals surface area (Å²) < 4.78 is 39.3. The lowest BCUT2D eigenvalue weighted by Gasteiger charge is -2.33. The summed E-state index contributed by atoms with van der Waals surface area (Å²) in [5.74, 6) is -1.44. The van der Waals surface area contributed by atoms with Crippen LogP contribution in [0.15, 0.2) is 0 Å². The zero-order valence-corrected chi connectivity index (χ0v) is 10.3. The summed E-state index contributed by atoms with van der Waals surface area (Å²) in [6.07, 6.45) is -4.82. The number of hydrogen-bond acceptors (Lipinski definition) is 3. The Hall–Kier alpha value is -1.29. The number of nitrogens with zero attached hydrogens (tertiary/aromatic N) is 2. The molecule has 0 aromatic carbocycles. The second-order valence-corrected chi connectivity index (χ2v) is 4.72. The third kappa shape index (κ3) is 2.58. The monoisotopic (exact) mass is 263 g/mol. The van der Waals surface area contributed by atoms with Crippen molar-refractivity contribution in [2.45, 2.75) is 19.5 Å². The van der Waals surface area contributed by atoms with E-state index in [2.05, 4.69) is 5.32 Å². The SMILES string of the molecule is CC(C#N)CN(C)C(=O)C1(C(F)(F)F)CCNC1. The van der Waals surface area contributed by atoms with E-state index in [-0.39, 0.29) is 26.1 Å². The molecule has 1 aliphatic rings. The van der Waals surface area contributed by atoms with Crippen LogP contribution in [-0.4, -0.2) is 43.7 Å². The smallest absolute Gasteiger partial charge is 0.344 e. The molecule has 1 N–H and O–H groups in total. The van der Waals surface area contributed by atoms with Gasteiger partial charge in [0.25, 0.3) is 0 Å². The van der Waals surface area contributed by atoms with Crippen LogP contribution in [0.1, 0.15) is 13.3 Å². The molecule has 102 valence electrons. The Bertz CT molecular complexity index is 356. The van der Waals surface area contributed by atoms with Gasteiger partial charge in [0.05, 0.1) is 12.0 Å². The molecule has 1 heterocycles. The Labute approximate surface area is 104 Å². The highest BCUT2D eigenvalue weighted by atomic mass is 19.4. The molecule has 1 aliphatic heterocycles. The predicted molar refractivity (Wildman–Crippen MR) is 58.4 cm³/mol. The van der Waals surface area contributed by atoms with Crippen molar-refractivity contribution < 1.29 is 18.0 Å². The lowest BCUT2D eigenvalue weighted by molar-refractivity contribution is -0.221. The molecule has 0 aliphatic carbocycles. The summed E-state index contributed by atoms with van der Waals surface area (Å²) >= 11 is 0. The standard InChI is InChI=1S/C11H16F3N3O/c1-8(5-15)6-17(2)9(18)10(11(12,13)14)3-4-16-7-10/h8,16H,3-4,6-7H2,1-2H3. The van der Waals surface area contributed by atoms with E-state index in [9.17, 15) is 18.0 Å². The van der Waals surface area contributed by atoms with Crippen molar-refractivity contribution in [3.8, 4) is 6.07 Å². The van der Waals surface area contributed by atoms with Crippen molar-refractivity contribution >= 4 is 5.91 Å². The molecule has 18 heavy (non-hydrogen) atoms. The summed E-state index contributed by atoms with van der Waals surface area (Å²) in [7, 11) is 1.31. The largest absolute Gasteiger partial charge is 0.404 e. The first-order valence-electron chi connectivity index (χ1n) is 5.67. The molecular formula is C11H16F3N3O. The minimum atomic E-state index is -4.57. The summed E-state index contributed by atoms with van der Waals surface area (Å²) in [5.41, 5.74) is -2.34. The molecule has 0 aromatic heterocycles. The van der Waals surface area contributed by atoms with Crippen molar-refractivity contribution in [1.82, 2.24) is 10.2 Å². The molecular weight excluding hydrogens is 247 g/mol. The van der Waals surface area contributed by atoms with Crippen LogP contribution < -0.4 is 5.32 Å². The van der Waals surface area contributed by atoms with Crippen LogP contribution in [0, 0.1) is 22.7 Å². The van der Waals surface area contributed by atoms with Gasteiger partial charge in [-0.2, -0.15) is 18.4 Å². The molecule has 1 fully saturated rings. The maximum atomic E-state index is 13.1. The van der Waals surface area contributed by atoms with Crippen molar-refractivity contribution in [1.29, 1.82) is 5.26 Å². The van der Waals surface area contributed by atoms with Crippen LogP contribution in [-0.2, 0) is 4.79 Å². The minimum absolute atomic E-state index is 0.00711. The van der Waals surface area contributed by atoms with Crippen molar-refractivity contribution in [3.05, 3.63) is 0 Å². The maximum Gasteiger partial charge on any atom is 0.404 e. The highest BCUT2D eigenvalue weighted by molar-refractivity contribution is 5.84. The average Bonchev–Trinajstić information content (AvgIpc) is 2.77. The van der Waals surface area contributed by atoms with Crippen LogP contribution in [0.2, 0.25) is 0 Å². The number of carbonyl (C=O) groups excluding carboxylic acids is 1. The minimum Gasteiger partial charge on any atom is -0.344 e. The van der Waals surface area contributed by atoms with Crippen LogP contribution in [0.3, 0.4) is 0 Å². The fourth-order valence-corrected chi connectivity index (χ4v) is 2.14. The lowest BCUT2D eigenvalue weighted by Crippen LogP contribution is -2.53. The van der Waals surface area contributed by atoms with Gasteiger partial charge in [0.2, 0.25) is 5.91 Å². The Morgan fingerprint density at radius 2 is 2.22 bits per heavy atom. The van der Waals surface area contributed by atoms with Crippen LogP contribution in [0.25, 0.3) is 0 Å². The van der Waals surface area contributed by atoms with Gasteiger partial charge in [0, 0.05) is 20.1 Å². The average molecular weight is 263 g/mol. The van der Waals surface area contributed by atoms with E-state index in [0.717, 1.165) is 4.90 Å². The molecule has 1 rings (SSSR count). The third-order valence-corrected chi connectivity index (χ3v) is 3.22. The molecule has 1 saturated heterocycles. The van der Waals surface area contributed by atoms with Gasteiger partial charge >= 0.3 is 6.18 Å². The zero-order chi connectivity index (χ0) is 14.0. The zero-order valence-electron chi connectivity index (χ0n) is 10.3. The van der Waals surface area contributed by atoms with Crippen LogP contribution in [0.5, 0.6) is 0 Å². The van der Waals surface area contributed by atoms with Gasteiger partial charge < -0.3 is 10.2 Å². The number of rotatable bonds is 3. The fourth-order valence-electron chi connectivity index (χ4n) is 2.14. The first-order valence-corrected chi connectivity index (χ1v) is 5.67. The Kier molecular flexibility index (Phi) is 4.22. The van der Waals surface area contributed by atoms with Crippen molar-refractivity contribution in [2.75, 3.05) is 26.7 Å². The van der Waals surface area contributed by atoms with Gasteiger partial charge in [-0.25, -0.2) is 0 Å². The number of halogens is 3. The molecule has 0 radical (unpaired) electrons. The quantitative estimate of drug-likeness (QED) is 0.831. The van der Waals surface area contributed by atoms with E-state index in [0.29, 0.717) is 0 Å². The number of amides is 1. The summed E-state index contributed by atoms with van der Waals surface area (Å²) in [4.78, 5) is 13.0. The molecule has 4 nitrogen and oxygen atoms in total. The fraction of sp³-hybridized carbons (Fsp3) is 0.818. The van der Waals surface area contributed by atoms with Crippen molar-refractivity contribution in [2.24, 2.45) is 11.3 Å². The van der Waals surface area contributed by atoms with Crippen LogP contribution >= 0.6 is 0 Å².